The zero-order valence-electron chi connectivity index (χ0n) is 11.7. The second kappa shape index (κ2) is 6.79. The van der Waals surface area contributed by atoms with Gasteiger partial charge in [0.15, 0.2) is 0 Å². The number of nitriles is 1. The van der Waals surface area contributed by atoms with Crippen molar-refractivity contribution in [2.24, 2.45) is 0 Å². The Balaban J connectivity index is 2.86. The Hall–Kier alpha value is -1.49. The van der Waals surface area contributed by atoms with Gasteiger partial charge in [-0.25, -0.2) is 17.5 Å². The van der Waals surface area contributed by atoms with Gasteiger partial charge in [-0.2, -0.15) is 5.26 Å². The number of sulfonamides is 1. The molecule has 0 saturated heterocycles. The minimum absolute atomic E-state index is 0.104. The van der Waals surface area contributed by atoms with Gasteiger partial charge in [0.25, 0.3) is 0 Å². The molecule has 1 unspecified atom stereocenters. The van der Waals surface area contributed by atoms with Crippen molar-refractivity contribution in [1.82, 2.24) is 9.62 Å². The third kappa shape index (κ3) is 4.56. The number of hydrogen-bond acceptors (Lipinski definition) is 4. The molecule has 5 nitrogen and oxygen atoms in total. The molecule has 0 aliphatic carbocycles. The minimum atomic E-state index is -3.74. The van der Waals surface area contributed by atoms with E-state index in [1.54, 1.807) is 13.0 Å². The van der Waals surface area contributed by atoms with Gasteiger partial charge in [-0.1, -0.05) is 0 Å². The van der Waals surface area contributed by atoms with Crippen molar-refractivity contribution in [3.05, 3.63) is 29.6 Å². The molecule has 0 aliphatic heterocycles. The third-order valence-electron chi connectivity index (χ3n) is 2.73. The number of benzene rings is 1. The van der Waals surface area contributed by atoms with Crippen molar-refractivity contribution >= 4 is 10.0 Å². The van der Waals surface area contributed by atoms with Crippen molar-refractivity contribution in [2.75, 3.05) is 20.6 Å². The molecule has 0 saturated carbocycles. The van der Waals surface area contributed by atoms with Crippen molar-refractivity contribution in [2.45, 2.75) is 24.3 Å². The largest absolute Gasteiger partial charge is 0.309 e. The summed E-state index contributed by atoms with van der Waals surface area (Å²) in [7, 11) is 0.0633. The Kier molecular flexibility index (Phi) is 5.62. The predicted octanol–water partition coefficient (Wildman–Crippen LogP) is 1.32. The Morgan fingerprint density at radius 1 is 1.45 bits per heavy atom. The maximum atomic E-state index is 13.2. The minimum Gasteiger partial charge on any atom is -0.309 e. The zero-order chi connectivity index (χ0) is 15.3. The molecule has 0 heterocycles. The number of rotatable bonds is 6. The molecule has 110 valence electrons. The molecule has 0 amide bonds. The van der Waals surface area contributed by atoms with Crippen LogP contribution in [0.25, 0.3) is 0 Å². The highest BCUT2D eigenvalue weighted by molar-refractivity contribution is 7.89. The molecule has 1 N–H and O–H groups in total. The van der Waals surface area contributed by atoms with Gasteiger partial charge in [-0.15, -0.1) is 0 Å². The predicted molar refractivity (Wildman–Crippen MR) is 74.1 cm³/mol. The van der Waals surface area contributed by atoms with E-state index in [0.29, 0.717) is 6.42 Å². The summed E-state index contributed by atoms with van der Waals surface area (Å²) in [6.07, 6.45) is 0.651. The van der Waals surface area contributed by atoms with Crippen LogP contribution in [-0.2, 0) is 10.0 Å². The monoisotopic (exact) mass is 299 g/mol. The average molecular weight is 299 g/mol. The fraction of sp³-hybridized carbons (Fsp3) is 0.462. The highest BCUT2D eigenvalue weighted by atomic mass is 32.2. The van der Waals surface area contributed by atoms with E-state index in [1.165, 1.54) is 0 Å². The van der Waals surface area contributed by atoms with Gasteiger partial charge in [0.2, 0.25) is 10.0 Å². The van der Waals surface area contributed by atoms with Gasteiger partial charge < -0.3 is 4.90 Å². The van der Waals surface area contributed by atoms with Gasteiger partial charge in [0.05, 0.1) is 10.5 Å². The smallest absolute Gasteiger partial charge is 0.240 e. The first-order valence-electron chi connectivity index (χ1n) is 6.13. The van der Waals surface area contributed by atoms with Crippen LogP contribution in [0, 0.1) is 17.1 Å². The van der Waals surface area contributed by atoms with Crippen LogP contribution in [0.2, 0.25) is 0 Å². The summed E-state index contributed by atoms with van der Waals surface area (Å²) < 4.78 is 39.9. The fourth-order valence-electron chi connectivity index (χ4n) is 1.60. The molecule has 1 rings (SSSR count). The standard InChI is InChI=1S/C13H18FN3O2S/c1-10(6-7-17(2)3)16-20(18,19)12-4-5-13(14)11(8-12)9-15/h4-5,8,10,16H,6-7H2,1-3H3. The first kappa shape index (κ1) is 16.6. The molecule has 1 atom stereocenters. The van der Waals surface area contributed by atoms with Gasteiger partial charge in [-0.3, -0.25) is 0 Å². The summed E-state index contributed by atoms with van der Waals surface area (Å²) in [5, 5.41) is 8.73. The number of nitrogens with one attached hydrogen (secondary N) is 1. The summed E-state index contributed by atoms with van der Waals surface area (Å²) in [4.78, 5) is 1.85. The first-order valence-corrected chi connectivity index (χ1v) is 7.61. The Morgan fingerprint density at radius 3 is 2.65 bits per heavy atom. The van der Waals surface area contributed by atoms with E-state index in [9.17, 15) is 12.8 Å². The zero-order valence-corrected chi connectivity index (χ0v) is 12.5. The van der Waals surface area contributed by atoms with Gasteiger partial charge in [-0.05, 0) is 52.2 Å². The van der Waals surface area contributed by atoms with E-state index in [-0.39, 0.29) is 16.5 Å². The Labute approximate surface area is 119 Å². The lowest BCUT2D eigenvalue weighted by Gasteiger charge is -2.17. The highest BCUT2D eigenvalue weighted by Crippen LogP contribution is 2.15. The van der Waals surface area contributed by atoms with E-state index >= 15 is 0 Å². The molecule has 1 aromatic rings. The summed E-state index contributed by atoms with van der Waals surface area (Å²) >= 11 is 0. The molecular weight excluding hydrogens is 281 g/mol. The number of halogens is 1. The van der Waals surface area contributed by atoms with E-state index in [1.807, 2.05) is 19.0 Å². The van der Waals surface area contributed by atoms with Crippen molar-refractivity contribution < 1.29 is 12.8 Å². The van der Waals surface area contributed by atoms with Crippen LogP contribution in [0.4, 0.5) is 4.39 Å². The molecule has 0 spiro atoms. The average Bonchev–Trinajstić information content (AvgIpc) is 2.36. The summed E-state index contributed by atoms with van der Waals surface area (Å²) in [6.45, 7) is 2.51. The molecule has 7 heteroatoms. The summed E-state index contributed by atoms with van der Waals surface area (Å²) in [5.41, 5.74) is -0.284. The second-order valence-electron chi connectivity index (χ2n) is 4.87. The van der Waals surface area contributed by atoms with Crippen LogP contribution in [-0.4, -0.2) is 40.0 Å². The van der Waals surface area contributed by atoms with Gasteiger partial charge in [0.1, 0.15) is 11.9 Å². The van der Waals surface area contributed by atoms with Crippen molar-refractivity contribution in [3.8, 4) is 6.07 Å². The molecular formula is C13H18FN3O2S. The van der Waals surface area contributed by atoms with Crippen LogP contribution in [0.3, 0.4) is 0 Å². The molecule has 1 aromatic carbocycles. The van der Waals surface area contributed by atoms with Gasteiger partial charge in [0, 0.05) is 6.04 Å². The number of hydrogen-bond donors (Lipinski definition) is 1. The van der Waals surface area contributed by atoms with E-state index in [0.717, 1.165) is 24.7 Å². The van der Waals surface area contributed by atoms with Crippen LogP contribution < -0.4 is 4.72 Å². The van der Waals surface area contributed by atoms with E-state index < -0.39 is 15.8 Å². The summed E-state index contributed by atoms with van der Waals surface area (Å²) in [5.74, 6) is -0.730. The molecule has 20 heavy (non-hydrogen) atoms. The molecule has 0 aliphatic rings. The normalized spacial score (nSPS) is 13.2. The maximum absolute atomic E-state index is 13.2. The molecule has 0 radical (unpaired) electrons. The molecule has 0 aromatic heterocycles. The van der Waals surface area contributed by atoms with Crippen LogP contribution in [0.15, 0.2) is 23.1 Å². The number of nitrogens with zero attached hydrogens (tertiary/aromatic N) is 2. The maximum Gasteiger partial charge on any atom is 0.240 e. The SMILES string of the molecule is CC(CCN(C)C)NS(=O)(=O)c1ccc(F)c(C#N)c1. The van der Waals surface area contributed by atoms with Crippen LogP contribution >= 0.6 is 0 Å². The lowest BCUT2D eigenvalue weighted by atomic mass is 10.2. The molecule has 0 fully saturated rings. The molecule has 0 bridgehead atoms. The van der Waals surface area contributed by atoms with Crippen LogP contribution in [0.1, 0.15) is 18.9 Å². The topological polar surface area (TPSA) is 73.2 Å². The quantitative estimate of drug-likeness (QED) is 0.859. The Morgan fingerprint density at radius 2 is 2.10 bits per heavy atom. The summed E-state index contributed by atoms with van der Waals surface area (Å²) in [6, 6.07) is 4.55. The highest BCUT2D eigenvalue weighted by Gasteiger charge is 2.19. The third-order valence-corrected chi connectivity index (χ3v) is 4.32. The van der Waals surface area contributed by atoms with Crippen molar-refractivity contribution in [3.63, 3.8) is 0 Å². The van der Waals surface area contributed by atoms with E-state index in [2.05, 4.69) is 4.72 Å². The Bertz CT molecular complexity index is 609. The van der Waals surface area contributed by atoms with Crippen LogP contribution in [0.5, 0.6) is 0 Å². The van der Waals surface area contributed by atoms with E-state index in [4.69, 9.17) is 5.26 Å². The lowest BCUT2D eigenvalue weighted by Crippen LogP contribution is -2.34. The first-order chi connectivity index (χ1) is 9.26. The van der Waals surface area contributed by atoms with Crippen molar-refractivity contribution in [1.29, 1.82) is 5.26 Å². The van der Waals surface area contributed by atoms with Gasteiger partial charge >= 0.3 is 0 Å². The fourth-order valence-corrected chi connectivity index (χ4v) is 2.90. The lowest BCUT2D eigenvalue weighted by molar-refractivity contribution is 0.379. The second-order valence-corrected chi connectivity index (χ2v) is 6.58.